The van der Waals surface area contributed by atoms with Crippen LogP contribution in [-0.4, -0.2) is 16.8 Å². The number of nitrogens with zero attached hydrogens (tertiary/aromatic N) is 1. The summed E-state index contributed by atoms with van der Waals surface area (Å²) in [6.07, 6.45) is 2.86. The van der Waals surface area contributed by atoms with E-state index in [9.17, 15) is 0 Å². The standard InChI is InChI=1S/C6H12ClNO/c1-6(8-9)4-2-3-5-7/h9H,2-5H2,1H3. The Labute approximate surface area is 60.5 Å². The van der Waals surface area contributed by atoms with Crippen molar-refractivity contribution in [2.75, 3.05) is 5.88 Å². The van der Waals surface area contributed by atoms with Gasteiger partial charge in [0.25, 0.3) is 0 Å². The van der Waals surface area contributed by atoms with E-state index in [1.54, 1.807) is 6.92 Å². The minimum atomic E-state index is 0.693. The second kappa shape index (κ2) is 5.89. The Bertz CT molecular complexity index is 93.1. The number of hydrogen-bond donors (Lipinski definition) is 1. The summed E-state index contributed by atoms with van der Waals surface area (Å²) in [6.45, 7) is 1.80. The van der Waals surface area contributed by atoms with Crippen molar-refractivity contribution < 1.29 is 5.21 Å². The zero-order valence-corrected chi connectivity index (χ0v) is 6.36. The van der Waals surface area contributed by atoms with Crippen LogP contribution < -0.4 is 0 Å². The quantitative estimate of drug-likeness (QED) is 0.215. The molecule has 0 aliphatic heterocycles. The summed E-state index contributed by atoms with van der Waals surface area (Å²) in [5.41, 5.74) is 0.778. The normalized spacial score (nSPS) is 12.0. The van der Waals surface area contributed by atoms with E-state index < -0.39 is 0 Å². The number of halogens is 1. The van der Waals surface area contributed by atoms with E-state index in [4.69, 9.17) is 16.8 Å². The van der Waals surface area contributed by atoms with Crippen molar-refractivity contribution in [3.63, 3.8) is 0 Å². The fourth-order valence-corrected chi connectivity index (χ4v) is 0.714. The fourth-order valence-electron chi connectivity index (χ4n) is 0.525. The van der Waals surface area contributed by atoms with E-state index in [1.807, 2.05) is 0 Å². The maximum Gasteiger partial charge on any atom is 0.0540 e. The molecular formula is C6H12ClNO. The van der Waals surface area contributed by atoms with Gasteiger partial charge in [0.1, 0.15) is 0 Å². The Kier molecular flexibility index (Phi) is 5.73. The molecule has 2 nitrogen and oxygen atoms in total. The van der Waals surface area contributed by atoms with Gasteiger partial charge in [0.05, 0.1) is 5.71 Å². The lowest BCUT2D eigenvalue weighted by Gasteiger charge is -1.93. The third kappa shape index (κ3) is 5.63. The molecule has 0 heterocycles. The van der Waals surface area contributed by atoms with Crippen molar-refractivity contribution in [3.05, 3.63) is 0 Å². The van der Waals surface area contributed by atoms with Gasteiger partial charge in [-0.15, -0.1) is 11.6 Å². The molecule has 1 N–H and O–H groups in total. The Balaban J connectivity index is 3.07. The van der Waals surface area contributed by atoms with E-state index in [0.717, 1.165) is 25.0 Å². The van der Waals surface area contributed by atoms with Crippen molar-refractivity contribution in [1.29, 1.82) is 0 Å². The maximum atomic E-state index is 8.19. The number of rotatable bonds is 4. The van der Waals surface area contributed by atoms with Crippen LogP contribution in [0, 0.1) is 0 Å². The van der Waals surface area contributed by atoms with E-state index in [1.165, 1.54) is 0 Å². The van der Waals surface area contributed by atoms with Gasteiger partial charge in [0.2, 0.25) is 0 Å². The molecule has 0 radical (unpaired) electrons. The molecule has 54 valence electrons. The summed E-state index contributed by atoms with van der Waals surface area (Å²) in [4.78, 5) is 0. The molecule has 0 atom stereocenters. The molecule has 0 bridgehead atoms. The lowest BCUT2D eigenvalue weighted by molar-refractivity contribution is 0.317. The van der Waals surface area contributed by atoms with Gasteiger partial charge in [-0.05, 0) is 26.2 Å². The van der Waals surface area contributed by atoms with Crippen molar-refractivity contribution >= 4 is 17.3 Å². The number of unbranched alkanes of at least 4 members (excludes halogenated alkanes) is 1. The Morgan fingerprint density at radius 3 is 2.67 bits per heavy atom. The molecule has 0 aromatic carbocycles. The Morgan fingerprint density at radius 1 is 1.56 bits per heavy atom. The molecule has 0 fully saturated rings. The van der Waals surface area contributed by atoms with Crippen molar-refractivity contribution in [1.82, 2.24) is 0 Å². The topological polar surface area (TPSA) is 32.6 Å². The van der Waals surface area contributed by atoms with Gasteiger partial charge in [-0.3, -0.25) is 0 Å². The van der Waals surface area contributed by atoms with Gasteiger partial charge >= 0.3 is 0 Å². The summed E-state index contributed by atoms with van der Waals surface area (Å²) < 4.78 is 0. The molecule has 0 aromatic heterocycles. The molecule has 9 heavy (non-hydrogen) atoms. The van der Waals surface area contributed by atoms with Crippen LogP contribution in [-0.2, 0) is 0 Å². The smallest absolute Gasteiger partial charge is 0.0540 e. The molecule has 3 heteroatoms. The SMILES string of the molecule is CC(CCCCCl)=NO. The zero-order valence-electron chi connectivity index (χ0n) is 5.60. The molecular weight excluding hydrogens is 138 g/mol. The summed E-state index contributed by atoms with van der Waals surface area (Å²) in [5, 5.41) is 11.2. The monoisotopic (exact) mass is 149 g/mol. The van der Waals surface area contributed by atoms with Gasteiger partial charge in [0, 0.05) is 5.88 Å². The fraction of sp³-hybridized carbons (Fsp3) is 0.833. The lowest BCUT2D eigenvalue weighted by Crippen LogP contribution is -1.90. The molecule has 0 aliphatic carbocycles. The molecule has 0 amide bonds. The molecule has 0 rings (SSSR count). The van der Waals surface area contributed by atoms with Crippen LogP contribution in [0.1, 0.15) is 26.2 Å². The first-order chi connectivity index (χ1) is 4.31. The first-order valence-electron chi connectivity index (χ1n) is 3.04. The van der Waals surface area contributed by atoms with E-state index in [0.29, 0.717) is 5.88 Å². The average Bonchev–Trinajstić information content (AvgIpc) is 1.89. The third-order valence-electron chi connectivity index (χ3n) is 1.09. The lowest BCUT2D eigenvalue weighted by atomic mass is 10.2. The molecule has 0 saturated heterocycles. The number of hydrogen-bond acceptors (Lipinski definition) is 2. The summed E-state index contributed by atoms with van der Waals surface area (Å²) >= 11 is 5.43. The summed E-state index contributed by atoms with van der Waals surface area (Å²) in [7, 11) is 0. The first-order valence-corrected chi connectivity index (χ1v) is 3.58. The van der Waals surface area contributed by atoms with Crippen LogP contribution in [0.4, 0.5) is 0 Å². The Hall–Kier alpha value is -0.240. The van der Waals surface area contributed by atoms with Gasteiger partial charge in [-0.1, -0.05) is 5.16 Å². The third-order valence-corrected chi connectivity index (χ3v) is 1.36. The molecule has 0 saturated carbocycles. The predicted octanol–water partition coefficient (Wildman–Crippen LogP) is 2.25. The zero-order chi connectivity index (χ0) is 7.11. The maximum absolute atomic E-state index is 8.19. The highest BCUT2D eigenvalue weighted by molar-refractivity contribution is 6.17. The largest absolute Gasteiger partial charge is 0.411 e. The minimum absolute atomic E-state index is 0.693. The highest BCUT2D eigenvalue weighted by Crippen LogP contribution is 1.98. The molecule has 0 aliphatic rings. The average molecular weight is 150 g/mol. The minimum Gasteiger partial charge on any atom is -0.411 e. The molecule has 0 spiro atoms. The van der Waals surface area contributed by atoms with Crippen LogP contribution in [0.2, 0.25) is 0 Å². The molecule has 0 aromatic rings. The molecule has 0 unspecified atom stereocenters. The van der Waals surface area contributed by atoms with Crippen molar-refractivity contribution in [3.8, 4) is 0 Å². The summed E-state index contributed by atoms with van der Waals surface area (Å²) in [5.74, 6) is 0.693. The second-order valence-corrected chi connectivity index (χ2v) is 2.36. The van der Waals surface area contributed by atoms with Gasteiger partial charge < -0.3 is 5.21 Å². The number of alkyl halides is 1. The van der Waals surface area contributed by atoms with Crippen molar-refractivity contribution in [2.45, 2.75) is 26.2 Å². The van der Waals surface area contributed by atoms with Crippen LogP contribution in [0.3, 0.4) is 0 Å². The predicted molar refractivity (Wildman–Crippen MR) is 39.5 cm³/mol. The van der Waals surface area contributed by atoms with Crippen LogP contribution in [0.5, 0.6) is 0 Å². The van der Waals surface area contributed by atoms with Gasteiger partial charge in [0.15, 0.2) is 0 Å². The number of oxime groups is 1. The van der Waals surface area contributed by atoms with Crippen molar-refractivity contribution in [2.24, 2.45) is 5.16 Å². The van der Waals surface area contributed by atoms with Gasteiger partial charge in [-0.2, -0.15) is 0 Å². The second-order valence-electron chi connectivity index (χ2n) is 1.98. The van der Waals surface area contributed by atoms with E-state index >= 15 is 0 Å². The highest BCUT2D eigenvalue weighted by atomic mass is 35.5. The van der Waals surface area contributed by atoms with Crippen LogP contribution >= 0.6 is 11.6 Å². The van der Waals surface area contributed by atoms with E-state index in [2.05, 4.69) is 5.16 Å². The highest BCUT2D eigenvalue weighted by Gasteiger charge is 1.90. The Morgan fingerprint density at radius 2 is 2.22 bits per heavy atom. The van der Waals surface area contributed by atoms with Crippen LogP contribution in [0.25, 0.3) is 0 Å². The first kappa shape index (κ1) is 8.76. The summed E-state index contributed by atoms with van der Waals surface area (Å²) in [6, 6.07) is 0. The van der Waals surface area contributed by atoms with Crippen LogP contribution in [0.15, 0.2) is 5.16 Å². The van der Waals surface area contributed by atoms with E-state index in [-0.39, 0.29) is 0 Å². The van der Waals surface area contributed by atoms with Gasteiger partial charge in [-0.25, -0.2) is 0 Å².